The highest BCUT2D eigenvalue weighted by Crippen LogP contribution is 2.15. The Morgan fingerprint density at radius 1 is 1.50 bits per heavy atom. The Labute approximate surface area is 96.7 Å². The molecule has 1 N–H and O–H groups in total. The van der Waals surface area contributed by atoms with Crippen LogP contribution < -0.4 is 5.32 Å². The molecule has 1 saturated heterocycles. The minimum absolute atomic E-state index is 0.126. The van der Waals surface area contributed by atoms with Crippen molar-refractivity contribution in [1.29, 1.82) is 0 Å². The van der Waals surface area contributed by atoms with Crippen molar-refractivity contribution in [3.8, 4) is 0 Å². The predicted octanol–water partition coefficient (Wildman–Crippen LogP) is 1.92. The first kappa shape index (κ1) is 13.6. The fraction of sp³-hybridized carbons (Fsp3) is 0.833. The number of piperidine rings is 1. The van der Waals surface area contributed by atoms with Crippen LogP contribution in [0.4, 0.5) is 8.78 Å². The van der Waals surface area contributed by atoms with Crippen molar-refractivity contribution in [1.82, 2.24) is 10.2 Å². The number of halogens is 2. The maximum absolute atomic E-state index is 13.5. The molecule has 1 aliphatic heterocycles. The smallest absolute Gasteiger partial charge is 0.131 e. The topological polar surface area (TPSA) is 15.3 Å². The normalized spacial score (nSPS) is 29.3. The minimum Gasteiger partial charge on any atom is -0.310 e. The first-order chi connectivity index (χ1) is 7.51. The maximum atomic E-state index is 13.5. The van der Waals surface area contributed by atoms with Gasteiger partial charge in [-0.1, -0.05) is 19.9 Å². The van der Waals surface area contributed by atoms with E-state index < -0.39 is 12.3 Å². The molecule has 0 aromatic heterocycles. The molecule has 0 aliphatic carbocycles. The van der Waals surface area contributed by atoms with Crippen LogP contribution in [-0.4, -0.2) is 49.0 Å². The molecule has 0 saturated carbocycles. The highest BCUT2D eigenvalue weighted by Gasteiger charge is 2.28. The van der Waals surface area contributed by atoms with Gasteiger partial charge in [0.25, 0.3) is 0 Å². The van der Waals surface area contributed by atoms with Crippen molar-refractivity contribution in [3.63, 3.8) is 0 Å². The summed E-state index contributed by atoms with van der Waals surface area (Å²) < 4.78 is 26.6. The summed E-state index contributed by atoms with van der Waals surface area (Å²) in [6.45, 7) is 8.78. The third kappa shape index (κ3) is 4.58. The summed E-state index contributed by atoms with van der Waals surface area (Å²) in [6, 6.07) is 0.457. The molecule has 0 bridgehead atoms. The molecular formula is C12H22F2N2. The fourth-order valence-electron chi connectivity index (χ4n) is 2.19. The summed E-state index contributed by atoms with van der Waals surface area (Å²) in [5, 5.41) is 3.30. The van der Waals surface area contributed by atoms with E-state index in [9.17, 15) is 8.78 Å². The van der Waals surface area contributed by atoms with Crippen molar-refractivity contribution in [2.75, 3.05) is 19.6 Å². The van der Waals surface area contributed by atoms with Gasteiger partial charge in [0.1, 0.15) is 12.3 Å². The van der Waals surface area contributed by atoms with Gasteiger partial charge >= 0.3 is 0 Å². The lowest BCUT2D eigenvalue weighted by atomic mass is 10.0. The Balaban J connectivity index is 2.43. The van der Waals surface area contributed by atoms with E-state index in [2.05, 4.69) is 11.9 Å². The quantitative estimate of drug-likeness (QED) is 0.729. The number of hydrogen-bond acceptors (Lipinski definition) is 2. The van der Waals surface area contributed by atoms with Crippen molar-refractivity contribution in [2.24, 2.45) is 0 Å². The van der Waals surface area contributed by atoms with E-state index in [-0.39, 0.29) is 12.6 Å². The molecule has 0 amide bonds. The van der Waals surface area contributed by atoms with Crippen LogP contribution in [0.3, 0.4) is 0 Å². The van der Waals surface area contributed by atoms with E-state index in [1.165, 1.54) is 6.08 Å². The van der Waals surface area contributed by atoms with Crippen molar-refractivity contribution in [2.45, 2.75) is 44.7 Å². The monoisotopic (exact) mass is 232 g/mol. The number of nitrogens with one attached hydrogen (secondary N) is 1. The standard InChI is InChI=1S/C12H22F2N2/c1-4-10(13)6-16-7-11(14)5-12(8-16)15-9(2)3/h4,9-12,15H,1,5-8H2,2-3H3. The largest absolute Gasteiger partial charge is 0.310 e. The first-order valence-corrected chi connectivity index (χ1v) is 5.90. The Morgan fingerprint density at radius 3 is 2.75 bits per heavy atom. The first-order valence-electron chi connectivity index (χ1n) is 5.90. The average Bonchev–Trinajstić information content (AvgIpc) is 2.15. The van der Waals surface area contributed by atoms with Crippen LogP contribution in [0.15, 0.2) is 12.7 Å². The van der Waals surface area contributed by atoms with Gasteiger partial charge in [0, 0.05) is 31.7 Å². The van der Waals surface area contributed by atoms with E-state index in [4.69, 9.17) is 0 Å². The molecule has 0 radical (unpaired) electrons. The van der Waals surface area contributed by atoms with E-state index in [0.29, 0.717) is 25.6 Å². The lowest BCUT2D eigenvalue weighted by Gasteiger charge is -2.36. The van der Waals surface area contributed by atoms with Crippen LogP contribution in [0, 0.1) is 0 Å². The summed E-state index contributed by atoms with van der Waals surface area (Å²) in [7, 11) is 0. The maximum Gasteiger partial charge on any atom is 0.131 e. The van der Waals surface area contributed by atoms with Crippen LogP contribution in [0.25, 0.3) is 0 Å². The fourth-order valence-corrected chi connectivity index (χ4v) is 2.19. The van der Waals surface area contributed by atoms with Gasteiger partial charge in [-0.25, -0.2) is 8.78 Å². The average molecular weight is 232 g/mol. The number of hydrogen-bond donors (Lipinski definition) is 1. The molecular weight excluding hydrogens is 210 g/mol. The summed E-state index contributed by atoms with van der Waals surface area (Å²) in [4.78, 5) is 1.83. The Kier molecular flexibility index (Phi) is 5.35. The van der Waals surface area contributed by atoms with Gasteiger partial charge in [-0.05, 0) is 6.42 Å². The SMILES string of the molecule is C=CC(F)CN1CC(F)CC(NC(C)C)C1. The predicted molar refractivity (Wildman–Crippen MR) is 63.1 cm³/mol. The Morgan fingerprint density at radius 2 is 2.19 bits per heavy atom. The van der Waals surface area contributed by atoms with Crippen LogP contribution in [0.1, 0.15) is 20.3 Å². The molecule has 3 atom stereocenters. The minimum atomic E-state index is -1.06. The van der Waals surface area contributed by atoms with Crippen molar-refractivity contribution >= 4 is 0 Å². The molecule has 0 aromatic carbocycles. The Hall–Kier alpha value is -0.480. The summed E-state index contributed by atoms with van der Waals surface area (Å²) in [5.41, 5.74) is 0. The number of likely N-dealkylation sites (tertiary alicyclic amines) is 1. The second-order valence-electron chi connectivity index (χ2n) is 4.82. The second kappa shape index (κ2) is 6.30. The van der Waals surface area contributed by atoms with Gasteiger partial charge in [-0.15, -0.1) is 6.58 Å². The zero-order valence-corrected chi connectivity index (χ0v) is 10.1. The third-order valence-electron chi connectivity index (χ3n) is 2.73. The van der Waals surface area contributed by atoms with E-state index in [1.807, 2.05) is 18.7 Å². The number of nitrogens with zero attached hydrogens (tertiary/aromatic N) is 1. The van der Waals surface area contributed by atoms with E-state index in [0.717, 1.165) is 0 Å². The molecule has 1 rings (SSSR count). The molecule has 4 heteroatoms. The van der Waals surface area contributed by atoms with Gasteiger partial charge in [-0.3, -0.25) is 4.90 Å². The van der Waals surface area contributed by atoms with Crippen LogP contribution >= 0.6 is 0 Å². The molecule has 2 nitrogen and oxygen atoms in total. The third-order valence-corrected chi connectivity index (χ3v) is 2.73. The van der Waals surface area contributed by atoms with Crippen molar-refractivity contribution in [3.05, 3.63) is 12.7 Å². The molecule has 3 unspecified atom stereocenters. The Bertz CT molecular complexity index is 219. The van der Waals surface area contributed by atoms with Crippen LogP contribution in [-0.2, 0) is 0 Å². The zero-order chi connectivity index (χ0) is 12.1. The van der Waals surface area contributed by atoms with E-state index >= 15 is 0 Å². The van der Waals surface area contributed by atoms with Gasteiger partial charge in [0.15, 0.2) is 0 Å². The summed E-state index contributed by atoms with van der Waals surface area (Å²) >= 11 is 0. The van der Waals surface area contributed by atoms with Crippen LogP contribution in [0.5, 0.6) is 0 Å². The molecule has 1 heterocycles. The highest BCUT2D eigenvalue weighted by molar-refractivity contribution is 4.88. The van der Waals surface area contributed by atoms with Gasteiger partial charge in [-0.2, -0.15) is 0 Å². The summed E-state index contributed by atoms with van der Waals surface area (Å²) in [6.07, 6.45) is -0.126. The molecule has 1 fully saturated rings. The second-order valence-corrected chi connectivity index (χ2v) is 4.82. The highest BCUT2D eigenvalue weighted by atomic mass is 19.1. The van der Waals surface area contributed by atoms with Gasteiger partial charge in [0.2, 0.25) is 0 Å². The van der Waals surface area contributed by atoms with Crippen molar-refractivity contribution < 1.29 is 8.78 Å². The molecule has 94 valence electrons. The zero-order valence-electron chi connectivity index (χ0n) is 10.1. The molecule has 16 heavy (non-hydrogen) atoms. The number of rotatable bonds is 5. The molecule has 1 aliphatic rings. The molecule has 0 aromatic rings. The summed E-state index contributed by atoms with van der Waals surface area (Å²) in [5.74, 6) is 0. The van der Waals surface area contributed by atoms with Crippen LogP contribution in [0.2, 0.25) is 0 Å². The number of alkyl halides is 2. The van der Waals surface area contributed by atoms with E-state index in [1.54, 1.807) is 0 Å². The molecule has 0 spiro atoms. The van der Waals surface area contributed by atoms with Gasteiger partial charge < -0.3 is 5.32 Å². The van der Waals surface area contributed by atoms with Gasteiger partial charge in [0.05, 0.1) is 0 Å². The lowest BCUT2D eigenvalue weighted by Crippen LogP contribution is -2.52. The lowest BCUT2D eigenvalue weighted by molar-refractivity contribution is 0.0935.